The number of rotatable bonds is 5. The first-order valence-corrected chi connectivity index (χ1v) is 10.6. The largest absolute Gasteiger partial charge is 0.283 e. The van der Waals surface area contributed by atoms with E-state index in [0.717, 1.165) is 37.6 Å². The van der Waals surface area contributed by atoms with Crippen LogP contribution in [0.3, 0.4) is 0 Å². The number of thiazole rings is 1. The zero-order valence-electron chi connectivity index (χ0n) is 17.0. The van der Waals surface area contributed by atoms with Crippen LogP contribution < -0.4 is 4.90 Å². The monoisotopic (exact) mass is 400 g/mol. The van der Waals surface area contributed by atoms with Crippen molar-refractivity contribution in [3.05, 3.63) is 94.5 Å². The zero-order valence-corrected chi connectivity index (χ0v) is 17.8. The molecule has 0 saturated carbocycles. The number of carbonyl (C=O) groups excluding carboxylic acids is 1. The number of nitrogens with zero attached hydrogens (tertiary/aromatic N) is 2. The predicted molar refractivity (Wildman–Crippen MR) is 122 cm³/mol. The van der Waals surface area contributed by atoms with E-state index >= 15 is 0 Å². The van der Waals surface area contributed by atoms with Crippen molar-refractivity contribution in [2.24, 2.45) is 0 Å². The summed E-state index contributed by atoms with van der Waals surface area (Å²) in [6.07, 6.45) is 0.369. The van der Waals surface area contributed by atoms with E-state index in [1.165, 1.54) is 5.56 Å². The molecule has 0 fully saturated rings. The normalized spacial score (nSPS) is 11.0. The summed E-state index contributed by atoms with van der Waals surface area (Å²) in [5, 5.41) is 0.757. The molecule has 1 aromatic heterocycles. The summed E-state index contributed by atoms with van der Waals surface area (Å²) in [5.41, 5.74) is 6.63. The van der Waals surface area contributed by atoms with Gasteiger partial charge in [-0.15, -0.1) is 0 Å². The number of fused-ring (bicyclic) bond motifs is 1. The molecule has 29 heavy (non-hydrogen) atoms. The maximum atomic E-state index is 13.4. The van der Waals surface area contributed by atoms with E-state index in [9.17, 15) is 4.79 Å². The van der Waals surface area contributed by atoms with Crippen LogP contribution in [0.2, 0.25) is 0 Å². The van der Waals surface area contributed by atoms with Crippen LogP contribution in [-0.4, -0.2) is 10.9 Å². The molecule has 0 aliphatic heterocycles. The number of carbonyl (C=O) groups is 1. The molecule has 1 amide bonds. The smallest absolute Gasteiger partial charge is 0.233 e. The van der Waals surface area contributed by atoms with Crippen molar-refractivity contribution in [3.63, 3.8) is 0 Å². The minimum atomic E-state index is 0.0671. The number of amides is 1. The van der Waals surface area contributed by atoms with Gasteiger partial charge in [0.05, 0.1) is 23.2 Å². The van der Waals surface area contributed by atoms with E-state index in [2.05, 4.69) is 63.2 Å². The summed E-state index contributed by atoms with van der Waals surface area (Å²) in [5.74, 6) is 0.0671. The van der Waals surface area contributed by atoms with Crippen LogP contribution in [0.15, 0.2) is 66.7 Å². The summed E-state index contributed by atoms with van der Waals surface area (Å²) in [6.45, 7) is 6.72. The van der Waals surface area contributed by atoms with Crippen LogP contribution in [0.5, 0.6) is 0 Å². The van der Waals surface area contributed by atoms with E-state index in [4.69, 9.17) is 4.98 Å². The van der Waals surface area contributed by atoms with Gasteiger partial charge in [-0.3, -0.25) is 9.69 Å². The van der Waals surface area contributed by atoms with Gasteiger partial charge in [0, 0.05) is 0 Å². The average Bonchev–Trinajstić information content (AvgIpc) is 3.14. The lowest BCUT2D eigenvalue weighted by molar-refractivity contribution is -0.118. The Morgan fingerprint density at radius 1 is 0.931 bits per heavy atom. The molecule has 0 bridgehead atoms. The first-order chi connectivity index (χ1) is 14.0. The van der Waals surface area contributed by atoms with Gasteiger partial charge < -0.3 is 0 Å². The van der Waals surface area contributed by atoms with Crippen molar-refractivity contribution in [3.8, 4) is 0 Å². The van der Waals surface area contributed by atoms with Crippen molar-refractivity contribution in [2.45, 2.75) is 33.7 Å². The number of para-hydroxylation sites is 1. The highest BCUT2D eigenvalue weighted by Gasteiger charge is 2.21. The molecule has 0 spiro atoms. The van der Waals surface area contributed by atoms with Crippen molar-refractivity contribution in [1.82, 2.24) is 4.98 Å². The Balaban J connectivity index is 1.70. The SMILES string of the molecule is Cc1ccc(CC(=O)N(Cc2ccccc2)c2nc3c(C)cccc3s2)c(C)c1. The Morgan fingerprint density at radius 2 is 1.72 bits per heavy atom. The molecule has 3 aromatic carbocycles. The van der Waals surface area contributed by atoms with Crippen LogP contribution in [0, 0.1) is 20.8 Å². The summed E-state index contributed by atoms with van der Waals surface area (Å²) < 4.78 is 1.11. The second kappa shape index (κ2) is 8.18. The maximum Gasteiger partial charge on any atom is 0.233 e. The van der Waals surface area contributed by atoms with Crippen LogP contribution >= 0.6 is 11.3 Å². The highest BCUT2D eigenvalue weighted by Crippen LogP contribution is 2.32. The molecule has 0 radical (unpaired) electrons. The van der Waals surface area contributed by atoms with E-state index in [0.29, 0.717) is 13.0 Å². The first kappa shape index (κ1) is 19.3. The molecule has 0 aliphatic carbocycles. The van der Waals surface area contributed by atoms with Crippen molar-refractivity contribution >= 4 is 32.6 Å². The fourth-order valence-corrected chi connectivity index (χ4v) is 4.58. The lowest BCUT2D eigenvalue weighted by Gasteiger charge is -2.21. The fourth-order valence-electron chi connectivity index (χ4n) is 3.52. The Hall–Kier alpha value is -2.98. The third-order valence-corrected chi connectivity index (χ3v) is 6.21. The Labute approximate surface area is 175 Å². The number of hydrogen-bond acceptors (Lipinski definition) is 3. The van der Waals surface area contributed by atoms with Gasteiger partial charge in [0.1, 0.15) is 0 Å². The summed E-state index contributed by atoms with van der Waals surface area (Å²) >= 11 is 1.58. The highest BCUT2D eigenvalue weighted by molar-refractivity contribution is 7.22. The minimum absolute atomic E-state index is 0.0671. The topological polar surface area (TPSA) is 33.2 Å². The van der Waals surface area contributed by atoms with Crippen molar-refractivity contribution in [2.75, 3.05) is 4.90 Å². The first-order valence-electron chi connectivity index (χ1n) is 9.78. The number of aromatic nitrogens is 1. The van der Waals surface area contributed by atoms with Crippen LogP contribution in [0.4, 0.5) is 5.13 Å². The molecule has 146 valence electrons. The molecule has 0 N–H and O–H groups in total. The third kappa shape index (κ3) is 4.22. The fraction of sp³-hybridized carbons (Fsp3) is 0.200. The number of benzene rings is 3. The van der Waals surface area contributed by atoms with Crippen LogP contribution in [-0.2, 0) is 17.8 Å². The second-order valence-electron chi connectivity index (χ2n) is 7.49. The number of aryl methyl sites for hydroxylation is 3. The molecule has 0 saturated heterocycles. The second-order valence-corrected chi connectivity index (χ2v) is 8.50. The zero-order chi connectivity index (χ0) is 20.4. The summed E-state index contributed by atoms with van der Waals surface area (Å²) in [7, 11) is 0. The molecule has 0 atom stereocenters. The average molecular weight is 401 g/mol. The standard InChI is InChI=1S/C25H24N2OS/c1-17-12-13-21(19(3)14-17)15-23(28)27(16-20-9-5-4-6-10-20)25-26-24-18(2)8-7-11-22(24)29-25/h4-14H,15-16H2,1-3H3. The van der Waals surface area contributed by atoms with Gasteiger partial charge in [0.2, 0.25) is 5.91 Å². The molecule has 0 aliphatic rings. The van der Waals surface area contributed by atoms with Crippen molar-refractivity contribution in [1.29, 1.82) is 0 Å². The van der Waals surface area contributed by atoms with Gasteiger partial charge in [0.15, 0.2) is 5.13 Å². The van der Waals surface area contributed by atoms with Gasteiger partial charge in [-0.2, -0.15) is 0 Å². The highest BCUT2D eigenvalue weighted by atomic mass is 32.1. The van der Waals surface area contributed by atoms with E-state index in [1.807, 2.05) is 29.2 Å². The molecule has 3 nitrogen and oxygen atoms in total. The van der Waals surface area contributed by atoms with Gasteiger partial charge in [-0.05, 0) is 49.1 Å². The van der Waals surface area contributed by atoms with E-state index in [-0.39, 0.29) is 5.91 Å². The Morgan fingerprint density at radius 3 is 2.45 bits per heavy atom. The van der Waals surface area contributed by atoms with Gasteiger partial charge in [-0.1, -0.05) is 77.6 Å². The van der Waals surface area contributed by atoms with Crippen LogP contribution in [0.25, 0.3) is 10.2 Å². The molecule has 0 unspecified atom stereocenters. The lowest BCUT2D eigenvalue weighted by atomic mass is 10.0. The number of anilines is 1. The summed E-state index contributed by atoms with van der Waals surface area (Å²) in [6, 6.07) is 22.5. The molecule has 1 heterocycles. The summed E-state index contributed by atoms with van der Waals surface area (Å²) in [4.78, 5) is 20.1. The van der Waals surface area contributed by atoms with Crippen LogP contribution in [0.1, 0.15) is 27.8 Å². The van der Waals surface area contributed by atoms with Crippen molar-refractivity contribution < 1.29 is 4.79 Å². The van der Waals surface area contributed by atoms with Gasteiger partial charge >= 0.3 is 0 Å². The van der Waals surface area contributed by atoms with E-state index < -0.39 is 0 Å². The molecule has 4 heteroatoms. The van der Waals surface area contributed by atoms with Gasteiger partial charge in [-0.25, -0.2) is 4.98 Å². The van der Waals surface area contributed by atoms with E-state index in [1.54, 1.807) is 11.3 Å². The lowest BCUT2D eigenvalue weighted by Crippen LogP contribution is -2.31. The molecule has 4 aromatic rings. The number of hydrogen-bond donors (Lipinski definition) is 0. The molecule has 4 rings (SSSR count). The quantitative estimate of drug-likeness (QED) is 0.412. The minimum Gasteiger partial charge on any atom is -0.283 e. The molecular formula is C25H24N2OS. The third-order valence-electron chi connectivity index (χ3n) is 5.16. The Kier molecular flexibility index (Phi) is 5.45. The maximum absolute atomic E-state index is 13.4. The Bertz CT molecular complexity index is 1160. The molecular weight excluding hydrogens is 376 g/mol. The van der Waals surface area contributed by atoms with Gasteiger partial charge in [0.25, 0.3) is 0 Å². The predicted octanol–water partition coefficient (Wildman–Crippen LogP) is 6.00.